The van der Waals surface area contributed by atoms with Gasteiger partial charge in [-0.1, -0.05) is 0 Å². The summed E-state index contributed by atoms with van der Waals surface area (Å²) >= 11 is 0. The molecule has 7 nitrogen and oxygen atoms in total. The maximum absolute atomic E-state index is 12.3. The first-order valence-corrected chi connectivity index (χ1v) is 7.49. The van der Waals surface area contributed by atoms with E-state index in [-0.39, 0.29) is 5.03 Å². The lowest BCUT2D eigenvalue weighted by atomic mass is 10.4. The molecule has 0 aromatic carbocycles. The number of aromatic nitrogens is 2. The number of hydrogen-bond donors (Lipinski definition) is 2. The summed E-state index contributed by atoms with van der Waals surface area (Å²) < 4.78 is 26.1. The minimum absolute atomic E-state index is 0.162. The van der Waals surface area contributed by atoms with Gasteiger partial charge in [0.2, 0.25) is 0 Å². The normalized spacial score (nSPS) is 19.8. The number of sulfonamides is 1. The van der Waals surface area contributed by atoms with Crippen molar-refractivity contribution < 1.29 is 8.42 Å². The molecule has 0 bridgehead atoms. The van der Waals surface area contributed by atoms with Gasteiger partial charge in [-0.25, -0.2) is 13.4 Å². The topological polar surface area (TPSA) is 95.3 Å². The van der Waals surface area contributed by atoms with Gasteiger partial charge < -0.3 is 15.6 Å². The van der Waals surface area contributed by atoms with Crippen molar-refractivity contribution in [3.63, 3.8) is 0 Å². The standard InChI is InChI=1S/C10H19N5O2S/c11-2-5-14-3-1-4-15(7-6-14)18(16,17)10-8-12-9-13-10/h8-9H,1-7,11H2,(H,12,13). The Bertz CT molecular complexity index is 459. The van der Waals surface area contributed by atoms with Gasteiger partial charge in [0.05, 0.1) is 12.5 Å². The molecule has 0 unspecified atom stereocenters. The van der Waals surface area contributed by atoms with Gasteiger partial charge in [0, 0.05) is 32.7 Å². The predicted octanol–water partition coefficient (Wildman–Crippen LogP) is -0.935. The van der Waals surface area contributed by atoms with Gasteiger partial charge in [0.15, 0.2) is 5.03 Å². The van der Waals surface area contributed by atoms with Crippen LogP contribution in [-0.4, -0.2) is 66.9 Å². The lowest BCUT2D eigenvalue weighted by molar-refractivity contribution is 0.294. The summed E-state index contributed by atoms with van der Waals surface area (Å²) in [6, 6.07) is 0. The van der Waals surface area contributed by atoms with E-state index in [2.05, 4.69) is 14.9 Å². The van der Waals surface area contributed by atoms with Crippen molar-refractivity contribution in [3.8, 4) is 0 Å². The van der Waals surface area contributed by atoms with Gasteiger partial charge in [-0.05, 0) is 13.0 Å². The van der Waals surface area contributed by atoms with E-state index in [4.69, 9.17) is 5.73 Å². The fourth-order valence-corrected chi connectivity index (χ4v) is 3.48. The van der Waals surface area contributed by atoms with Gasteiger partial charge in [-0.2, -0.15) is 4.31 Å². The van der Waals surface area contributed by atoms with Crippen LogP contribution in [0.25, 0.3) is 0 Å². The summed E-state index contributed by atoms with van der Waals surface area (Å²) in [4.78, 5) is 8.62. The van der Waals surface area contributed by atoms with Crippen molar-refractivity contribution in [3.05, 3.63) is 12.5 Å². The number of aromatic amines is 1. The number of hydrogen-bond acceptors (Lipinski definition) is 5. The van der Waals surface area contributed by atoms with Gasteiger partial charge in [-0.3, -0.25) is 0 Å². The number of nitrogens with one attached hydrogen (secondary N) is 1. The van der Waals surface area contributed by atoms with Crippen LogP contribution in [0.15, 0.2) is 17.6 Å². The Morgan fingerprint density at radius 1 is 1.33 bits per heavy atom. The summed E-state index contributed by atoms with van der Waals surface area (Å²) in [5.41, 5.74) is 5.52. The van der Waals surface area contributed by atoms with Crippen LogP contribution in [0.5, 0.6) is 0 Å². The fourth-order valence-electron chi connectivity index (χ4n) is 2.12. The molecule has 2 heterocycles. The molecule has 1 aromatic rings. The zero-order valence-corrected chi connectivity index (χ0v) is 11.1. The van der Waals surface area contributed by atoms with E-state index in [0.29, 0.717) is 19.6 Å². The molecule has 8 heteroatoms. The van der Waals surface area contributed by atoms with Crippen LogP contribution < -0.4 is 5.73 Å². The summed E-state index contributed by atoms with van der Waals surface area (Å²) in [5.74, 6) is 0. The second kappa shape index (κ2) is 5.79. The zero-order chi connectivity index (χ0) is 13.0. The van der Waals surface area contributed by atoms with Crippen LogP contribution in [0, 0.1) is 0 Å². The second-order valence-corrected chi connectivity index (χ2v) is 6.21. The fraction of sp³-hybridized carbons (Fsp3) is 0.700. The number of H-pyrrole nitrogens is 1. The van der Waals surface area contributed by atoms with E-state index in [0.717, 1.165) is 26.1 Å². The first-order valence-electron chi connectivity index (χ1n) is 6.05. The number of rotatable bonds is 4. The van der Waals surface area contributed by atoms with Gasteiger partial charge in [0.25, 0.3) is 10.0 Å². The quantitative estimate of drug-likeness (QED) is 0.738. The molecule has 102 valence electrons. The molecule has 0 spiro atoms. The lowest BCUT2D eigenvalue weighted by Crippen LogP contribution is -2.36. The van der Waals surface area contributed by atoms with Crippen molar-refractivity contribution in [2.45, 2.75) is 11.4 Å². The highest BCUT2D eigenvalue weighted by Gasteiger charge is 2.27. The first-order chi connectivity index (χ1) is 8.64. The van der Waals surface area contributed by atoms with Gasteiger partial charge >= 0.3 is 0 Å². The average molecular weight is 273 g/mol. The van der Waals surface area contributed by atoms with E-state index in [1.54, 1.807) is 0 Å². The van der Waals surface area contributed by atoms with Crippen molar-refractivity contribution in [1.82, 2.24) is 19.2 Å². The maximum atomic E-state index is 12.3. The average Bonchev–Trinajstić information content (AvgIpc) is 2.78. The van der Waals surface area contributed by atoms with Crippen LogP contribution in [0.3, 0.4) is 0 Å². The SMILES string of the molecule is NCCN1CCCN(S(=O)(=O)c2cnc[nH]2)CC1. The van der Waals surface area contributed by atoms with Crippen LogP contribution in [0.1, 0.15) is 6.42 Å². The molecule has 18 heavy (non-hydrogen) atoms. The molecule has 3 N–H and O–H groups in total. The van der Waals surface area contributed by atoms with Crippen LogP contribution in [0.2, 0.25) is 0 Å². The molecular formula is C10H19N5O2S. The Morgan fingerprint density at radius 3 is 2.83 bits per heavy atom. The highest BCUT2D eigenvalue weighted by atomic mass is 32.2. The Hall–Kier alpha value is -0.960. The van der Waals surface area contributed by atoms with Crippen molar-refractivity contribution in [2.75, 3.05) is 39.3 Å². The van der Waals surface area contributed by atoms with E-state index in [9.17, 15) is 8.42 Å². The molecule has 0 atom stereocenters. The zero-order valence-electron chi connectivity index (χ0n) is 10.2. The molecule has 1 aromatic heterocycles. The highest BCUT2D eigenvalue weighted by molar-refractivity contribution is 7.89. The molecule has 1 saturated heterocycles. The highest BCUT2D eigenvalue weighted by Crippen LogP contribution is 2.14. The molecule has 0 radical (unpaired) electrons. The summed E-state index contributed by atoms with van der Waals surface area (Å²) in [7, 11) is -3.42. The van der Waals surface area contributed by atoms with Crippen molar-refractivity contribution >= 4 is 10.0 Å². The number of nitrogens with zero attached hydrogens (tertiary/aromatic N) is 3. The molecule has 1 aliphatic rings. The minimum atomic E-state index is -3.42. The molecule has 2 rings (SSSR count). The Balaban J connectivity index is 2.06. The summed E-state index contributed by atoms with van der Waals surface area (Å²) in [5, 5.41) is 0.162. The molecular weight excluding hydrogens is 254 g/mol. The van der Waals surface area contributed by atoms with E-state index < -0.39 is 10.0 Å². The monoisotopic (exact) mass is 273 g/mol. The molecule has 0 aliphatic carbocycles. The Kier molecular flexibility index (Phi) is 4.33. The minimum Gasteiger partial charge on any atom is -0.335 e. The Morgan fingerprint density at radius 2 is 2.17 bits per heavy atom. The van der Waals surface area contributed by atoms with Crippen LogP contribution in [-0.2, 0) is 10.0 Å². The second-order valence-electron chi connectivity index (χ2n) is 4.30. The lowest BCUT2D eigenvalue weighted by Gasteiger charge is -2.20. The maximum Gasteiger partial charge on any atom is 0.260 e. The Labute approximate surface area is 107 Å². The van der Waals surface area contributed by atoms with Gasteiger partial charge in [-0.15, -0.1) is 0 Å². The van der Waals surface area contributed by atoms with Crippen molar-refractivity contribution in [2.24, 2.45) is 5.73 Å². The molecule has 1 aliphatic heterocycles. The van der Waals surface area contributed by atoms with E-state index >= 15 is 0 Å². The molecule has 0 saturated carbocycles. The first kappa shape index (κ1) is 13.5. The third-order valence-electron chi connectivity index (χ3n) is 3.08. The molecule has 0 amide bonds. The predicted molar refractivity (Wildman–Crippen MR) is 67.5 cm³/mol. The van der Waals surface area contributed by atoms with Crippen LogP contribution >= 0.6 is 0 Å². The third kappa shape index (κ3) is 2.89. The third-order valence-corrected chi connectivity index (χ3v) is 4.91. The number of imidazole rings is 1. The molecule has 1 fully saturated rings. The number of nitrogens with two attached hydrogens (primary N) is 1. The summed E-state index contributed by atoms with van der Waals surface area (Å²) in [6.07, 6.45) is 3.55. The van der Waals surface area contributed by atoms with Crippen LogP contribution in [0.4, 0.5) is 0 Å². The smallest absolute Gasteiger partial charge is 0.260 e. The van der Waals surface area contributed by atoms with Gasteiger partial charge in [0.1, 0.15) is 0 Å². The largest absolute Gasteiger partial charge is 0.335 e. The summed E-state index contributed by atoms with van der Waals surface area (Å²) in [6.45, 7) is 4.09. The van der Waals surface area contributed by atoms with Crippen molar-refractivity contribution in [1.29, 1.82) is 0 Å². The van der Waals surface area contributed by atoms with E-state index in [1.165, 1.54) is 16.8 Å². The van der Waals surface area contributed by atoms with E-state index in [1.807, 2.05) is 0 Å².